The third-order valence-corrected chi connectivity index (χ3v) is 4.19. The molecule has 0 amide bonds. The van der Waals surface area contributed by atoms with Crippen molar-refractivity contribution >= 4 is 38.8 Å². The van der Waals surface area contributed by atoms with E-state index in [0.717, 1.165) is 17.5 Å². The first-order chi connectivity index (χ1) is 11.9. The molecule has 8 heteroatoms. The lowest BCUT2D eigenvalue weighted by Gasteiger charge is -2.11. The third-order valence-electron chi connectivity index (χ3n) is 3.27. The summed E-state index contributed by atoms with van der Waals surface area (Å²) in [5.41, 5.74) is 2.70. The molecule has 3 rings (SSSR count). The van der Waals surface area contributed by atoms with Crippen molar-refractivity contribution in [1.82, 2.24) is 9.97 Å². The Morgan fingerprint density at radius 1 is 1.00 bits per heavy atom. The number of aromatic nitrogens is 2. The fraction of sp³-hybridized carbons (Fsp3) is 0.0588. The Labute approximate surface area is 151 Å². The number of benzene rings is 2. The molecule has 0 bridgehead atoms. The number of anilines is 3. The third kappa shape index (κ3) is 4.68. The fourth-order valence-electron chi connectivity index (χ4n) is 2.22. The van der Waals surface area contributed by atoms with Gasteiger partial charge in [-0.1, -0.05) is 41.9 Å². The van der Waals surface area contributed by atoms with Crippen molar-refractivity contribution in [2.24, 2.45) is 0 Å². The number of sulfonamides is 1. The van der Waals surface area contributed by atoms with Gasteiger partial charge in [-0.15, -0.1) is 0 Å². The average molecular weight is 375 g/mol. The van der Waals surface area contributed by atoms with E-state index in [1.165, 1.54) is 6.33 Å². The van der Waals surface area contributed by atoms with Gasteiger partial charge >= 0.3 is 0 Å². The molecule has 1 aromatic heterocycles. The van der Waals surface area contributed by atoms with Gasteiger partial charge in [0.05, 0.1) is 22.7 Å². The molecule has 6 nitrogen and oxygen atoms in total. The summed E-state index contributed by atoms with van der Waals surface area (Å²) < 4.78 is 25.2. The van der Waals surface area contributed by atoms with Crippen LogP contribution >= 0.6 is 11.6 Å². The van der Waals surface area contributed by atoms with E-state index in [4.69, 9.17) is 11.6 Å². The molecule has 25 heavy (non-hydrogen) atoms. The summed E-state index contributed by atoms with van der Waals surface area (Å²) in [7, 11) is -3.42. The van der Waals surface area contributed by atoms with Crippen molar-refractivity contribution in [3.8, 4) is 11.3 Å². The maximum atomic E-state index is 11.4. The van der Waals surface area contributed by atoms with Gasteiger partial charge in [0.1, 0.15) is 12.1 Å². The van der Waals surface area contributed by atoms with Crippen molar-refractivity contribution in [2.45, 2.75) is 0 Å². The molecular formula is C17H15ClN4O2S. The Bertz CT molecular complexity index is 995. The van der Waals surface area contributed by atoms with Gasteiger partial charge in [0.25, 0.3) is 0 Å². The van der Waals surface area contributed by atoms with Gasteiger partial charge in [-0.05, 0) is 18.2 Å². The lowest BCUT2D eigenvalue weighted by Crippen LogP contribution is -2.10. The zero-order chi connectivity index (χ0) is 17.9. The van der Waals surface area contributed by atoms with Crippen LogP contribution in [-0.2, 0) is 10.0 Å². The Balaban J connectivity index is 1.87. The molecule has 0 fully saturated rings. The maximum Gasteiger partial charge on any atom is 0.229 e. The number of rotatable bonds is 5. The summed E-state index contributed by atoms with van der Waals surface area (Å²) >= 11 is 6.03. The first-order valence-corrected chi connectivity index (χ1v) is 9.59. The van der Waals surface area contributed by atoms with Crippen LogP contribution in [0.15, 0.2) is 60.9 Å². The minimum absolute atomic E-state index is 0.298. The minimum Gasteiger partial charge on any atom is -0.340 e. The van der Waals surface area contributed by atoms with Crippen LogP contribution in [0.4, 0.5) is 17.2 Å². The van der Waals surface area contributed by atoms with E-state index >= 15 is 0 Å². The van der Waals surface area contributed by atoms with Crippen molar-refractivity contribution in [3.63, 3.8) is 0 Å². The second kappa shape index (κ2) is 7.08. The maximum absolute atomic E-state index is 11.4. The summed E-state index contributed by atoms with van der Waals surface area (Å²) in [6.45, 7) is 0. The highest BCUT2D eigenvalue weighted by atomic mass is 35.5. The van der Waals surface area contributed by atoms with E-state index < -0.39 is 10.0 Å². The number of hydrogen-bond donors (Lipinski definition) is 2. The van der Waals surface area contributed by atoms with Crippen LogP contribution in [0, 0.1) is 0 Å². The molecule has 0 aliphatic heterocycles. The van der Waals surface area contributed by atoms with Crippen molar-refractivity contribution < 1.29 is 8.42 Å². The fourth-order valence-corrected chi connectivity index (χ4v) is 3.01. The Kier molecular flexibility index (Phi) is 4.87. The van der Waals surface area contributed by atoms with Crippen LogP contribution in [0.1, 0.15) is 0 Å². The number of nitrogens with one attached hydrogen (secondary N) is 2. The monoisotopic (exact) mass is 374 g/mol. The van der Waals surface area contributed by atoms with Gasteiger partial charge in [0.2, 0.25) is 10.0 Å². The standard InChI is InChI=1S/C17H15ClN4O2S/c1-25(23,24)22-16-9-13(7-8-14(16)18)21-17-10-15(19-11-20-17)12-5-3-2-4-6-12/h2-11,22H,1H3,(H,19,20,21). The molecule has 2 N–H and O–H groups in total. The van der Waals surface area contributed by atoms with Gasteiger partial charge in [0.15, 0.2) is 0 Å². The van der Waals surface area contributed by atoms with Crippen molar-refractivity contribution in [2.75, 3.05) is 16.3 Å². The summed E-state index contributed by atoms with van der Waals surface area (Å²) in [6.07, 6.45) is 2.54. The molecule has 1 heterocycles. The molecule has 0 saturated heterocycles. The van der Waals surface area contributed by atoms with Crippen LogP contribution in [0.5, 0.6) is 0 Å². The van der Waals surface area contributed by atoms with Crippen molar-refractivity contribution in [1.29, 1.82) is 0 Å². The van der Waals surface area contributed by atoms with Gasteiger partial charge in [-0.25, -0.2) is 18.4 Å². The minimum atomic E-state index is -3.42. The number of hydrogen-bond acceptors (Lipinski definition) is 5. The lowest BCUT2D eigenvalue weighted by molar-refractivity contribution is 0.607. The molecular weight excluding hydrogens is 360 g/mol. The second-order valence-corrected chi connectivity index (χ2v) is 7.50. The second-order valence-electron chi connectivity index (χ2n) is 5.35. The van der Waals surface area contributed by atoms with Crippen LogP contribution in [-0.4, -0.2) is 24.6 Å². The van der Waals surface area contributed by atoms with Gasteiger partial charge in [0, 0.05) is 17.3 Å². The predicted molar refractivity (Wildman–Crippen MR) is 101 cm³/mol. The number of nitrogens with zero attached hydrogens (tertiary/aromatic N) is 2. The van der Waals surface area contributed by atoms with E-state index in [0.29, 0.717) is 22.2 Å². The molecule has 0 atom stereocenters. The Morgan fingerprint density at radius 2 is 1.76 bits per heavy atom. The summed E-state index contributed by atoms with van der Waals surface area (Å²) in [5, 5.41) is 3.43. The molecule has 0 aliphatic rings. The highest BCUT2D eigenvalue weighted by Crippen LogP contribution is 2.28. The predicted octanol–water partition coefficient (Wildman–Crippen LogP) is 3.91. The molecule has 0 saturated carbocycles. The number of halogens is 1. The van der Waals surface area contributed by atoms with E-state index in [9.17, 15) is 8.42 Å². The highest BCUT2D eigenvalue weighted by Gasteiger charge is 2.08. The molecule has 128 valence electrons. The van der Waals surface area contributed by atoms with E-state index in [1.54, 1.807) is 18.2 Å². The SMILES string of the molecule is CS(=O)(=O)Nc1cc(Nc2cc(-c3ccccc3)ncn2)ccc1Cl. The molecule has 0 aliphatic carbocycles. The summed E-state index contributed by atoms with van der Waals surface area (Å²) in [6, 6.07) is 16.5. The van der Waals surface area contributed by atoms with Crippen LogP contribution < -0.4 is 10.0 Å². The smallest absolute Gasteiger partial charge is 0.229 e. The molecule has 3 aromatic rings. The average Bonchev–Trinajstić information content (AvgIpc) is 2.58. The Hall–Kier alpha value is -2.64. The van der Waals surface area contributed by atoms with Gasteiger partial charge < -0.3 is 5.32 Å². The molecule has 0 unspecified atom stereocenters. The molecule has 0 spiro atoms. The Morgan fingerprint density at radius 3 is 2.48 bits per heavy atom. The van der Waals surface area contributed by atoms with Gasteiger partial charge in [-0.3, -0.25) is 4.72 Å². The first kappa shape index (κ1) is 17.2. The first-order valence-electron chi connectivity index (χ1n) is 7.32. The van der Waals surface area contributed by atoms with Crippen LogP contribution in [0.3, 0.4) is 0 Å². The topological polar surface area (TPSA) is 84.0 Å². The molecule has 0 radical (unpaired) electrons. The largest absolute Gasteiger partial charge is 0.340 e. The zero-order valence-corrected chi connectivity index (χ0v) is 14.8. The summed E-state index contributed by atoms with van der Waals surface area (Å²) in [4.78, 5) is 8.46. The zero-order valence-electron chi connectivity index (χ0n) is 13.3. The van der Waals surface area contributed by atoms with Crippen LogP contribution in [0.2, 0.25) is 5.02 Å². The van der Waals surface area contributed by atoms with E-state index in [-0.39, 0.29) is 0 Å². The molecule has 2 aromatic carbocycles. The normalized spacial score (nSPS) is 11.1. The van der Waals surface area contributed by atoms with Crippen molar-refractivity contribution in [3.05, 3.63) is 65.9 Å². The van der Waals surface area contributed by atoms with Crippen LogP contribution in [0.25, 0.3) is 11.3 Å². The highest BCUT2D eigenvalue weighted by molar-refractivity contribution is 7.92. The van der Waals surface area contributed by atoms with Gasteiger partial charge in [-0.2, -0.15) is 0 Å². The lowest BCUT2D eigenvalue weighted by atomic mass is 10.1. The quantitative estimate of drug-likeness (QED) is 0.707. The summed E-state index contributed by atoms with van der Waals surface area (Å²) in [5.74, 6) is 0.585. The van der Waals surface area contributed by atoms with E-state index in [1.807, 2.05) is 36.4 Å². The van der Waals surface area contributed by atoms with E-state index in [2.05, 4.69) is 20.0 Å².